The molecule has 0 radical (unpaired) electrons. The van der Waals surface area contributed by atoms with Gasteiger partial charge in [0, 0.05) is 17.1 Å². The van der Waals surface area contributed by atoms with Crippen LogP contribution in [0.2, 0.25) is 0 Å². The van der Waals surface area contributed by atoms with Crippen LogP contribution in [-0.4, -0.2) is 13.0 Å². The maximum atomic E-state index is 12.9. The quantitative estimate of drug-likeness (QED) is 0.779. The highest BCUT2D eigenvalue weighted by molar-refractivity contribution is 6.05. The van der Waals surface area contributed by atoms with Crippen molar-refractivity contribution < 1.29 is 18.3 Å². The molecule has 3 rings (SSSR count). The second-order valence-electron chi connectivity index (χ2n) is 4.85. The van der Waals surface area contributed by atoms with Crippen LogP contribution in [0.5, 0.6) is 5.75 Å². The van der Waals surface area contributed by atoms with E-state index in [4.69, 9.17) is 14.6 Å². The monoisotopic (exact) mass is 312 g/mol. The molecule has 0 atom stereocenters. The third kappa shape index (κ3) is 3.06. The fourth-order valence-corrected chi connectivity index (χ4v) is 2.14. The molecule has 0 aliphatic carbocycles. The highest BCUT2D eigenvalue weighted by atomic mass is 19.1. The first-order valence-electron chi connectivity index (χ1n) is 6.80. The van der Waals surface area contributed by atoms with Crippen LogP contribution in [0.25, 0.3) is 11.0 Å². The van der Waals surface area contributed by atoms with Gasteiger partial charge in [-0.2, -0.15) is 0 Å². The molecule has 1 heterocycles. The molecule has 0 unspecified atom stereocenters. The Morgan fingerprint density at radius 3 is 2.61 bits per heavy atom. The summed E-state index contributed by atoms with van der Waals surface area (Å²) in [5.74, 6) is -0.286. The van der Waals surface area contributed by atoms with E-state index in [0.29, 0.717) is 22.4 Å². The summed E-state index contributed by atoms with van der Waals surface area (Å²) in [7, 11) is 1.54. The Labute approximate surface area is 130 Å². The van der Waals surface area contributed by atoms with E-state index >= 15 is 0 Å². The number of methoxy groups -OCH3 is 1. The molecule has 0 spiro atoms. The molecule has 1 aromatic heterocycles. The van der Waals surface area contributed by atoms with Crippen molar-refractivity contribution in [1.29, 1.82) is 5.41 Å². The molecule has 0 saturated heterocycles. The van der Waals surface area contributed by atoms with Gasteiger partial charge in [-0.15, -0.1) is 0 Å². The molecule has 116 valence electrons. The number of halogens is 1. The molecule has 2 N–H and O–H groups in total. The maximum Gasteiger partial charge on any atom is 0.261 e. The summed E-state index contributed by atoms with van der Waals surface area (Å²) in [5.41, 5.74) is 0.718. The minimum absolute atomic E-state index is 0.0898. The van der Waals surface area contributed by atoms with Crippen molar-refractivity contribution in [2.24, 2.45) is 0 Å². The maximum absolute atomic E-state index is 12.9. The lowest BCUT2D eigenvalue weighted by Gasteiger charge is -2.07. The first-order valence-corrected chi connectivity index (χ1v) is 6.80. The summed E-state index contributed by atoms with van der Waals surface area (Å²) < 4.78 is 23.4. The van der Waals surface area contributed by atoms with Crippen LogP contribution in [0.4, 0.5) is 10.1 Å². The predicted octanol–water partition coefficient (Wildman–Crippen LogP) is 3.31. The van der Waals surface area contributed by atoms with E-state index in [1.807, 2.05) is 0 Å². The minimum atomic E-state index is -0.497. The second-order valence-corrected chi connectivity index (χ2v) is 4.85. The molecule has 23 heavy (non-hydrogen) atoms. The SMILES string of the molecule is COc1ccc2cc(C(=O)Nc3ccc(F)cc3)c(=N)oc2c1. The van der Waals surface area contributed by atoms with Crippen molar-refractivity contribution in [1.82, 2.24) is 0 Å². The van der Waals surface area contributed by atoms with Crippen LogP contribution >= 0.6 is 0 Å². The van der Waals surface area contributed by atoms with Crippen LogP contribution in [0, 0.1) is 11.2 Å². The van der Waals surface area contributed by atoms with Crippen LogP contribution in [0.15, 0.2) is 52.9 Å². The number of carbonyl (C=O) groups is 1. The van der Waals surface area contributed by atoms with Gasteiger partial charge < -0.3 is 14.5 Å². The summed E-state index contributed by atoms with van der Waals surface area (Å²) >= 11 is 0. The normalized spacial score (nSPS) is 10.5. The number of fused-ring (bicyclic) bond motifs is 1. The molecule has 0 fully saturated rings. The standard InChI is InChI=1S/C17H13FN2O3/c1-22-13-7-2-10-8-14(16(19)23-15(10)9-13)17(21)20-12-5-3-11(18)4-6-12/h2-9,19H,1H3,(H,20,21). The van der Waals surface area contributed by atoms with Gasteiger partial charge in [0.15, 0.2) is 0 Å². The van der Waals surface area contributed by atoms with Crippen LogP contribution < -0.4 is 15.6 Å². The molecule has 5 nitrogen and oxygen atoms in total. The average molecular weight is 312 g/mol. The zero-order valence-electron chi connectivity index (χ0n) is 12.2. The molecular formula is C17H13FN2O3. The van der Waals surface area contributed by atoms with Gasteiger partial charge in [-0.1, -0.05) is 0 Å². The van der Waals surface area contributed by atoms with E-state index in [9.17, 15) is 9.18 Å². The van der Waals surface area contributed by atoms with Gasteiger partial charge in [0.1, 0.15) is 22.7 Å². The zero-order valence-corrected chi connectivity index (χ0v) is 12.2. The highest BCUT2D eigenvalue weighted by Crippen LogP contribution is 2.20. The van der Waals surface area contributed by atoms with Gasteiger partial charge in [-0.3, -0.25) is 10.2 Å². The van der Waals surface area contributed by atoms with Crippen LogP contribution in [0.3, 0.4) is 0 Å². The van der Waals surface area contributed by atoms with E-state index in [1.165, 1.54) is 31.4 Å². The number of rotatable bonds is 3. The molecule has 3 aromatic rings. The van der Waals surface area contributed by atoms with Gasteiger partial charge in [0.25, 0.3) is 5.91 Å². The Kier molecular flexibility index (Phi) is 3.80. The fourth-order valence-electron chi connectivity index (χ4n) is 2.14. The Morgan fingerprint density at radius 1 is 1.17 bits per heavy atom. The van der Waals surface area contributed by atoms with Crippen molar-refractivity contribution in [3.63, 3.8) is 0 Å². The van der Waals surface area contributed by atoms with Gasteiger partial charge in [0.2, 0.25) is 5.55 Å². The Bertz CT molecular complexity index is 933. The van der Waals surface area contributed by atoms with Gasteiger partial charge in [-0.05, 0) is 42.5 Å². The number of amides is 1. The number of anilines is 1. The van der Waals surface area contributed by atoms with E-state index in [0.717, 1.165) is 0 Å². The van der Waals surface area contributed by atoms with Crippen molar-refractivity contribution in [2.75, 3.05) is 12.4 Å². The summed E-state index contributed by atoms with van der Waals surface area (Å²) in [6.07, 6.45) is 0. The lowest BCUT2D eigenvalue weighted by atomic mass is 10.1. The largest absolute Gasteiger partial charge is 0.497 e. The van der Waals surface area contributed by atoms with Crippen molar-refractivity contribution in [2.45, 2.75) is 0 Å². The average Bonchev–Trinajstić information content (AvgIpc) is 2.55. The first kappa shape index (κ1) is 14.8. The molecule has 6 heteroatoms. The third-order valence-electron chi connectivity index (χ3n) is 3.32. The Hall–Kier alpha value is -3.15. The molecule has 0 aliphatic heterocycles. The number of benzene rings is 2. The summed E-state index contributed by atoms with van der Waals surface area (Å²) in [6, 6.07) is 12.1. The van der Waals surface area contributed by atoms with Gasteiger partial charge in [0.05, 0.1) is 7.11 Å². The Morgan fingerprint density at radius 2 is 1.91 bits per heavy atom. The minimum Gasteiger partial charge on any atom is -0.497 e. The smallest absolute Gasteiger partial charge is 0.261 e. The number of nitrogens with one attached hydrogen (secondary N) is 2. The van der Waals surface area contributed by atoms with E-state index in [1.54, 1.807) is 24.3 Å². The van der Waals surface area contributed by atoms with Gasteiger partial charge in [-0.25, -0.2) is 4.39 Å². The first-order chi connectivity index (χ1) is 11.1. The van der Waals surface area contributed by atoms with Crippen molar-refractivity contribution in [3.8, 4) is 5.75 Å². The molecular weight excluding hydrogens is 299 g/mol. The van der Waals surface area contributed by atoms with Crippen LogP contribution in [-0.2, 0) is 0 Å². The Balaban J connectivity index is 1.95. The van der Waals surface area contributed by atoms with E-state index in [2.05, 4.69) is 5.32 Å². The lowest BCUT2D eigenvalue weighted by Crippen LogP contribution is -2.20. The molecule has 1 amide bonds. The topological polar surface area (TPSA) is 75.3 Å². The van der Waals surface area contributed by atoms with E-state index in [-0.39, 0.29) is 16.9 Å². The predicted molar refractivity (Wildman–Crippen MR) is 83.0 cm³/mol. The van der Waals surface area contributed by atoms with Crippen molar-refractivity contribution >= 4 is 22.6 Å². The number of hydrogen-bond acceptors (Lipinski definition) is 4. The fraction of sp³-hybridized carbons (Fsp3) is 0.0588. The third-order valence-corrected chi connectivity index (χ3v) is 3.32. The number of ether oxygens (including phenoxy) is 1. The van der Waals surface area contributed by atoms with E-state index < -0.39 is 5.91 Å². The molecule has 0 bridgehead atoms. The van der Waals surface area contributed by atoms with Crippen molar-refractivity contribution in [3.05, 3.63) is 65.5 Å². The second kappa shape index (κ2) is 5.92. The number of hydrogen-bond donors (Lipinski definition) is 2. The summed E-state index contributed by atoms with van der Waals surface area (Å²) in [6.45, 7) is 0. The van der Waals surface area contributed by atoms with Gasteiger partial charge >= 0.3 is 0 Å². The molecule has 0 saturated carbocycles. The highest BCUT2D eigenvalue weighted by Gasteiger charge is 2.12. The number of carbonyl (C=O) groups excluding carboxylic acids is 1. The molecule has 0 aliphatic rings. The lowest BCUT2D eigenvalue weighted by molar-refractivity contribution is 0.102. The zero-order chi connectivity index (χ0) is 16.4. The van der Waals surface area contributed by atoms with Crippen LogP contribution in [0.1, 0.15) is 10.4 Å². The summed E-state index contributed by atoms with van der Waals surface area (Å²) in [4.78, 5) is 12.3. The molecule has 2 aromatic carbocycles. The summed E-state index contributed by atoms with van der Waals surface area (Å²) in [5, 5.41) is 11.2.